The lowest BCUT2D eigenvalue weighted by Crippen LogP contribution is -2.34. The summed E-state index contributed by atoms with van der Waals surface area (Å²) in [6.45, 7) is 3.39. The van der Waals surface area contributed by atoms with Crippen LogP contribution in [0.25, 0.3) is 0 Å². The molecule has 0 amide bonds. The zero-order valence-electron chi connectivity index (χ0n) is 16.1. The normalized spacial score (nSPS) is 16.2. The van der Waals surface area contributed by atoms with E-state index < -0.39 is 60.9 Å². The molecule has 1 aromatic carbocycles. The van der Waals surface area contributed by atoms with Gasteiger partial charge in [-0.25, -0.2) is 13.2 Å². The molecule has 0 aromatic heterocycles. The molecule has 1 aliphatic carbocycles. The molecule has 0 saturated heterocycles. The molecule has 2 rings (SSSR count). The van der Waals surface area contributed by atoms with Gasteiger partial charge in [-0.2, -0.15) is 13.2 Å². The minimum Gasteiger partial charge on any atom is -0.469 e. The van der Waals surface area contributed by atoms with Crippen LogP contribution in [0.1, 0.15) is 52.1 Å². The smallest absolute Gasteiger partial charge is 0.469 e. The molecule has 0 atom stereocenters. The van der Waals surface area contributed by atoms with E-state index in [2.05, 4.69) is 9.47 Å². The largest absolute Gasteiger partial charge is 0.501 e. The summed E-state index contributed by atoms with van der Waals surface area (Å²) in [7, 11) is -4.24. The summed E-state index contributed by atoms with van der Waals surface area (Å²) in [5.74, 6) is -3.16. The van der Waals surface area contributed by atoms with Gasteiger partial charge < -0.3 is 9.47 Å². The quantitative estimate of drug-likeness (QED) is 0.669. The van der Waals surface area contributed by atoms with Gasteiger partial charge in [0, 0.05) is 12.0 Å². The van der Waals surface area contributed by atoms with Gasteiger partial charge in [-0.15, -0.1) is 0 Å². The maximum absolute atomic E-state index is 13.4. The van der Waals surface area contributed by atoms with Crippen molar-refractivity contribution in [1.29, 1.82) is 0 Å². The number of methoxy groups -OCH3 is 2. The van der Waals surface area contributed by atoms with Gasteiger partial charge in [0.15, 0.2) is 5.78 Å². The molecule has 0 aliphatic heterocycles. The van der Waals surface area contributed by atoms with Crippen LogP contribution in [0.15, 0.2) is 11.0 Å². The third-order valence-electron chi connectivity index (χ3n) is 4.56. The molecule has 0 radical (unpaired) electrons. The number of ether oxygens (including phenoxy) is 2. The zero-order valence-corrected chi connectivity index (χ0v) is 16.9. The van der Waals surface area contributed by atoms with Gasteiger partial charge in [0.25, 0.3) is 9.84 Å². The van der Waals surface area contributed by atoms with E-state index >= 15 is 0 Å². The van der Waals surface area contributed by atoms with Gasteiger partial charge >= 0.3 is 17.4 Å². The van der Waals surface area contributed by atoms with E-state index in [0.717, 1.165) is 14.2 Å². The van der Waals surface area contributed by atoms with Gasteiger partial charge in [0.05, 0.1) is 26.2 Å². The Morgan fingerprint density at radius 1 is 1.14 bits per heavy atom. The molecule has 0 N–H and O–H groups in total. The highest BCUT2D eigenvalue weighted by Crippen LogP contribution is 2.43. The third kappa shape index (κ3) is 4.14. The number of halogens is 3. The lowest BCUT2D eigenvalue weighted by Gasteiger charge is -2.32. The minimum absolute atomic E-state index is 0.0145. The topological polar surface area (TPSA) is 104 Å². The first-order valence-corrected chi connectivity index (χ1v) is 9.83. The highest BCUT2D eigenvalue weighted by molar-refractivity contribution is 7.92. The number of alkyl halides is 3. The molecular weight excluding hydrogens is 417 g/mol. The van der Waals surface area contributed by atoms with Crippen molar-refractivity contribution < 1.29 is 45.4 Å². The molecular formula is C18H19F3O7S. The van der Waals surface area contributed by atoms with Crippen molar-refractivity contribution in [2.24, 2.45) is 5.41 Å². The molecule has 1 aliphatic rings. The third-order valence-corrected chi connectivity index (χ3v) is 6.11. The van der Waals surface area contributed by atoms with Crippen LogP contribution in [0, 0.1) is 5.41 Å². The molecule has 11 heteroatoms. The highest BCUT2D eigenvalue weighted by atomic mass is 32.2. The Bertz CT molecular complexity index is 992. The van der Waals surface area contributed by atoms with E-state index in [4.69, 9.17) is 0 Å². The number of fused-ring (bicyclic) bond motifs is 1. The minimum atomic E-state index is -6.11. The van der Waals surface area contributed by atoms with Gasteiger partial charge in [-0.1, -0.05) is 19.9 Å². The van der Waals surface area contributed by atoms with E-state index in [1.807, 2.05) is 0 Å². The fourth-order valence-corrected chi connectivity index (χ4v) is 4.62. The number of hydrogen-bond donors (Lipinski definition) is 0. The first-order chi connectivity index (χ1) is 13.2. The molecule has 160 valence electrons. The average Bonchev–Trinajstić information content (AvgIpc) is 2.57. The molecule has 1 aromatic rings. The lowest BCUT2D eigenvalue weighted by molar-refractivity contribution is -0.139. The van der Waals surface area contributed by atoms with Crippen molar-refractivity contribution in [3.8, 4) is 0 Å². The zero-order chi connectivity index (χ0) is 22.4. The summed E-state index contributed by atoms with van der Waals surface area (Å²) in [5.41, 5.74) is -8.41. The average molecular weight is 436 g/mol. The summed E-state index contributed by atoms with van der Waals surface area (Å²) in [6.07, 6.45) is -0.815. The van der Waals surface area contributed by atoms with Gasteiger partial charge in [0.2, 0.25) is 0 Å². The summed E-state index contributed by atoms with van der Waals surface area (Å²) in [6, 6.07) is 1.20. The van der Waals surface area contributed by atoms with Crippen LogP contribution in [0.3, 0.4) is 0 Å². The molecule has 0 spiro atoms. The fourth-order valence-electron chi connectivity index (χ4n) is 3.39. The van der Waals surface area contributed by atoms with Crippen LogP contribution in [0.5, 0.6) is 0 Å². The number of Topliss-reactive ketones (excluding diaryl/α,β-unsaturated/α-hetero) is 1. The summed E-state index contributed by atoms with van der Waals surface area (Å²) in [5, 5.41) is 0. The van der Waals surface area contributed by atoms with E-state index in [1.54, 1.807) is 13.8 Å². The molecule has 0 heterocycles. The molecule has 7 nitrogen and oxygen atoms in total. The van der Waals surface area contributed by atoms with E-state index in [-0.39, 0.29) is 24.0 Å². The van der Waals surface area contributed by atoms with Crippen molar-refractivity contribution >= 4 is 27.6 Å². The lowest BCUT2D eigenvalue weighted by atomic mass is 9.72. The van der Waals surface area contributed by atoms with Crippen molar-refractivity contribution in [2.75, 3.05) is 14.2 Å². The number of ketones is 1. The number of carbonyl (C=O) groups is 3. The van der Waals surface area contributed by atoms with Gasteiger partial charge in [-0.05, 0) is 23.0 Å². The van der Waals surface area contributed by atoms with Crippen LogP contribution in [-0.4, -0.2) is 45.9 Å². The van der Waals surface area contributed by atoms with Crippen LogP contribution in [-0.2, 0) is 36.9 Å². The first kappa shape index (κ1) is 22.9. The van der Waals surface area contributed by atoms with E-state index in [9.17, 15) is 36.0 Å². The molecule has 0 unspecified atom stereocenters. The summed E-state index contributed by atoms with van der Waals surface area (Å²) >= 11 is 0. The second kappa shape index (κ2) is 7.43. The van der Waals surface area contributed by atoms with E-state index in [1.165, 1.54) is 6.07 Å². The Kier molecular flexibility index (Phi) is 5.86. The second-order valence-electron chi connectivity index (χ2n) is 7.41. The van der Waals surface area contributed by atoms with Gasteiger partial charge in [0.1, 0.15) is 4.90 Å². The maximum atomic E-state index is 13.4. The van der Waals surface area contributed by atoms with Crippen LogP contribution in [0.4, 0.5) is 13.2 Å². The van der Waals surface area contributed by atoms with Crippen molar-refractivity contribution in [2.45, 2.75) is 43.5 Å². The van der Waals surface area contributed by atoms with Crippen molar-refractivity contribution in [3.05, 3.63) is 28.3 Å². The standard InChI is InChI=1S/C18H19F3O7S/c1-17(2)7-10-5-9(6-12(23)27-3)14(16(24)28-4)15(13(10)11(22)8-17)29(25,26)18(19,20)21/h5H,6-8H2,1-4H3. The van der Waals surface area contributed by atoms with Crippen LogP contribution in [0.2, 0.25) is 0 Å². The number of rotatable bonds is 4. The Hall–Kier alpha value is -2.43. The molecule has 29 heavy (non-hydrogen) atoms. The van der Waals surface area contributed by atoms with Gasteiger partial charge in [-0.3, -0.25) is 9.59 Å². The summed E-state index contributed by atoms with van der Waals surface area (Å²) in [4.78, 5) is 35.3. The summed E-state index contributed by atoms with van der Waals surface area (Å²) < 4.78 is 74.0. The number of sulfone groups is 1. The first-order valence-electron chi connectivity index (χ1n) is 8.34. The number of esters is 2. The predicted octanol–water partition coefficient (Wildman–Crippen LogP) is 2.64. The Morgan fingerprint density at radius 2 is 1.72 bits per heavy atom. The Balaban J connectivity index is 3.04. The monoisotopic (exact) mass is 436 g/mol. The Morgan fingerprint density at radius 3 is 2.21 bits per heavy atom. The van der Waals surface area contributed by atoms with Crippen LogP contribution < -0.4 is 0 Å². The highest BCUT2D eigenvalue weighted by Gasteiger charge is 2.52. The SMILES string of the molecule is COC(=O)Cc1cc2c(c(S(=O)(=O)C(F)(F)F)c1C(=O)OC)C(=O)CC(C)(C)C2. The van der Waals surface area contributed by atoms with Crippen molar-refractivity contribution in [3.63, 3.8) is 0 Å². The Labute approximate surface area is 165 Å². The fraction of sp³-hybridized carbons (Fsp3) is 0.500. The number of hydrogen-bond acceptors (Lipinski definition) is 7. The second-order valence-corrected chi connectivity index (χ2v) is 9.29. The molecule has 0 fully saturated rings. The number of benzene rings is 1. The van der Waals surface area contributed by atoms with Crippen LogP contribution >= 0.6 is 0 Å². The molecule has 0 bridgehead atoms. The van der Waals surface area contributed by atoms with E-state index in [0.29, 0.717) is 0 Å². The maximum Gasteiger partial charge on any atom is 0.501 e. The van der Waals surface area contributed by atoms with Crippen molar-refractivity contribution in [1.82, 2.24) is 0 Å². The predicted molar refractivity (Wildman–Crippen MR) is 93.2 cm³/mol. The number of carbonyl (C=O) groups excluding carboxylic acids is 3. The molecule has 0 saturated carbocycles.